The van der Waals surface area contributed by atoms with Crippen LogP contribution in [0.15, 0.2) is 83.3 Å². The molecule has 0 saturated heterocycles. The standard InChI is InChI=1S/C26H23BrClNO2/c1-2-30-25-15-18(16-29-24-13-6-5-12-23(24)28)14-22(27)26(25)31-17-20-10-7-9-19-8-3-4-11-21(19)20/h3-15,29H,2,16-17H2,1H3. The van der Waals surface area contributed by atoms with Crippen LogP contribution in [-0.2, 0) is 13.2 Å². The van der Waals surface area contributed by atoms with Gasteiger partial charge in [-0.1, -0.05) is 66.2 Å². The highest BCUT2D eigenvalue weighted by atomic mass is 79.9. The molecule has 158 valence electrons. The van der Waals surface area contributed by atoms with Gasteiger partial charge in [-0.2, -0.15) is 0 Å². The van der Waals surface area contributed by atoms with E-state index in [0.717, 1.165) is 21.3 Å². The lowest BCUT2D eigenvalue weighted by atomic mass is 10.1. The molecule has 1 N–H and O–H groups in total. The Hall–Kier alpha value is -2.69. The summed E-state index contributed by atoms with van der Waals surface area (Å²) in [5, 5.41) is 6.47. The molecular weight excluding hydrogens is 474 g/mol. The van der Waals surface area contributed by atoms with Crippen LogP contribution in [0, 0.1) is 0 Å². The van der Waals surface area contributed by atoms with Crippen molar-refractivity contribution in [2.24, 2.45) is 0 Å². The summed E-state index contributed by atoms with van der Waals surface area (Å²) >= 11 is 9.93. The number of ether oxygens (including phenoxy) is 2. The van der Waals surface area contributed by atoms with Crippen molar-refractivity contribution in [2.75, 3.05) is 11.9 Å². The first-order chi connectivity index (χ1) is 15.2. The average Bonchev–Trinajstić information content (AvgIpc) is 2.78. The smallest absolute Gasteiger partial charge is 0.175 e. The number of hydrogen-bond acceptors (Lipinski definition) is 3. The Morgan fingerprint density at radius 3 is 2.52 bits per heavy atom. The summed E-state index contributed by atoms with van der Waals surface area (Å²) in [5.74, 6) is 1.42. The van der Waals surface area contributed by atoms with E-state index in [1.165, 1.54) is 10.8 Å². The molecule has 0 fully saturated rings. The summed E-state index contributed by atoms with van der Waals surface area (Å²) in [6.45, 7) is 3.60. The predicted molar refractivity (Wildman–Crippen MR) is 132 cm³/mol. The number of para-hydroxylation sites is 1. The highest BCUT2D eigenvalue weighted by Gasteiger charge is 2.14. The molecule has 31 heavy (non-hydrogen) atoms. The molecule has 4 aromatic rings. The molecule has 0 aromatic heterocycles. The first-order valence-electron chi connectivity index (χ1n) is 10.2. The Morgan fingerprint density at radius 2 is 1.68 bits per heavy atom. The second-order valence-electron chi connectivity index (χ2n) is 7.10. The first-order valence-corrected chi connectivity index (χ1v) is 11.4. The van der Waals surface area contributed by atoms with Gasteiger partial charge >= 0.3 is 0 Å². The van der Waals surface area contributed by atoms with Crippen LogP contribution in [0.4, 0.5) is 5.69 Å². The molecule has 4 aromatic carbocycles. The quantitative estimate of drug-likeness (QED) is 0.269. The van der Waals surface area contributed by atoms with Crippen LogP contribution in [0.1, 0.15) is 18.1 Å². The van der Waals surface area contributed by atoms with Gasteiger partial charge in [0.2, 0.25) is 0 Å². The Bertz CT molecular complexity index is 1190. The van der Waals surface area contributed by atoms with Gasteiger partial charge in [-0.3, -0.25) is 0 Å². The van der Waals surface area contributed by atoms with Crippen LogP contribution < -0.4 is 14.8 Å². The maximum Gasteiger partial charge on any atom is 0.175 e. The van der Waals surface area contributed by atoms with E-state index in [1.54, 1.807) is 0 Å². The van der Waals surface area contributed by atoms with Gasteiger partial charge < -0.3 is 14.8 Å². The third kappa shape index (κ3) is 5.15. The Kier molecular flexibility index (Phi) is 7.00. The average molecular weight is 497 g/mol. The van der Waals surface area contributed by atoms with Crippen LogP contribution in [0.2, 0.25) is 5.02 Å². The second-order valence-corrected chi connectivity index (χ2v) is 8.36. The number of anilines is 1. The molecule has 0 aliphatic carbocycles. The van der Waals surface area contributed by atoms with Crippen molar-refractivity contribution in [2.45, 2.75) is 20.1 Å². The van der Waals surface area contributed by atoms with Crippen molar-refractivity contribution in [1.82, 2.24) is 0 Å². The third-order valence-electron chi connectivity index (χ3n) is 4.98. The molecular formula is C26H23BrClNO2. The van der Waals surface area contributed by atoms with Gasteiger partial charge in [0.25, 0.3) is 0 Å². The van der Waals surface area contributed by atoms with E-state index in [9.17, 15) is 0 Å². The molecule has 3 nitrogen and oxygen atoms in total. The maximum atomic E-state index is 6.25. The van der Waals surface area contributed by atoms with Crippen molar-refractivity contribution >= 4 is 44.0 Å². The van der Waals surface area contributed by atoms with Crippen LogP contribution in [0.5, 0.6) is 11.5 Å². The van der Waals surface area contributed by atoms with Gasteiger partial charge in [-0.25, -0.2) is 0 Å². The van der Waals surface area contributed by atoms with Gasteiger partial charge in [0.15, 0.2) is 11.5 Å². The van der Waals surface area contributed by atoms with E-state index in [4.69, 9.17) is 21.1 Å². The molecule has 4 rings (SSSR count). The fourth-order valence-electron chi connectivity index (χ4n) is 3.50. The summed E-state index contributed by atoms with van der Waals surface area (Å²) in [5.41, 5.74) is 3.10. The minimum absolute atomic E-state index is 0.456. The fraction of sp³-hybridized carbons (Fsp3) is 0.154. The third-order valence-corrected chi connectivity index (χ3v) is 5.90. The topological polar surface area (TPSA) is 30.5 Å². The maximum absolute atomic E-state index is 6.25. The van der Waals surface area contributed by atoms with Crippen LogP contribution in [0.3, 0.4) is 0 Å². The van der Waals surface area contributed by atoms with Crippen molar-refractivity contribution in [3.8, 4) is 11.5 Å². The van der Waals surface area contributed by atoms with Gasteiger partial charge in [0.1, 0.15) is 6.61 Å². The van der Waals surface area contributed by atoms with Crippen LogP contribution in [-0.4, -0.2) is 6.61 Å². The number of nitrogens with one attached hydrogen (secondary N) is 1. The van der Waals surface area contributed by atoms with E-state index in [2.05, 4.69) is 51.6 Å². The Balaban J connectivity index is 1.55. The molecule has 0 amide bonds. The summed E-state index contributed by atoms with van der Waals surface area (Å²) < 4.78 is 13.0. The summed E-state index contributed by atoms with van der Waals surface area (Å²) in [4.78, 5) is 0. The van der Waals surface area contributed by atoms with E-state index in [-0.39, 0.29) is 0 Å². The molecule has 0 aliphatic rings. The zero-order valence-corrected chi connectivity index (χ0v) is 19.5. The van der Waals surface area contributed by atoms with E-state index in [1.807, 2.05) is 55.5 Å². The van der Waals surface area contributed by atoms with Crippen LogP contribution in [0.25, 0.3) is 10.8 Å². The zero-order valence-electron chi connectivity index (χ0n) is 17.2. The predicted octanol–water partition coefficient (Wildman–Crippen LogP) is 7.85. The van der Waals surface area contributed by atoms with E-state index < -0.39 is 0 Å². The van der Waals surface area contributed by atoms with Crippen molar-refractivity contribution in [3.05, 3.63) is 99.5 Å². The molecule has 0 heterocycles. The summed E-state index contributed by atoms with van der Waals surface area (Å²) in [6, 6.07) is 26.4. The molecule has 0 atom stereocenters. The zero-order chi connectivity index (χ0) is 21.6. The van der Waals surface area contributed by atoms with Gasteiger partial charge in [0.05, 0.1) is 21.8 Å². The lowest BCUT2D eigenvalue weighted by Gasteiger charge is -2.17. The Morgan fingerprint density at radius 1 is 0.903 bits per heavy atom. The number of rotatable bonds is 8. The molecule has 0 aliphatic heterocycles. The normalized spacial score (nSPS) is 10.8. The SMILES string of the molecule is CCOc1cc(CNc2ccccc2Cl)cc(Br)c1OCc1cccc2ccccc12. The van der Waals surface area contributed by atoms with Gasteiger partial charge in [-0.15, -0.1) is 0 Å². The molecule has 0 saturated carbocycles. The lowest BCUT2D eigenvalue weighted by Crippen LogP contribution is -2.04. The summed E-state index contributed by atoms with van der Waals surface area (Å²) in [6.07, 6.45) is 0. The highest BCUT2D eigenvalue weighted by molar-refractivity contribution is 9.10. The molecule has 0 unspecified atom stereocenters. The molecule has 0 radical (unpaired) electrons. The second kappa shape index (κ2) is 10.1. The summed E-state index contributed by atoms with van der Waals surface area (Å²) in [7, 11) is 0. The van der Waals surface area contributed by atoms with E-state index in [0.29, 0.717) is 36.3 Å². The van der Waals surface area contributed by atoms with Crippen molar-refractivity contribution in [3.63, 3.8) is 0 Å². The fourth-order valence-corrected chi connectivity index (χ4v) is 4.30. The number of benzene rings is 4. The van der Waals surface area contributed by atoms with Crippen molar-refractivity contribution in [1.29, 1.82) is 0 Å². The Labute approximate surface area is 196 Å². The largest absolute Gasteiger partial charge is 0.490 e. The van der Waals surface area contributed by atoms with Crippen molar-refractivity contribution < 1.29 is 9.47 Å². The van der Waals surface area contributed by atoms with Gasteiger partial charge in [-0.05, 0) is 69.0 Å². The number of fused-ring (bicyclic) bond motifs is 1. The minimum atomic E-state index is 0.456. The van der Waals surface area contributed by atoms with E-state index >= 15 is 0 Å². The minimum Gasteiger partial charge on any atom is -0.490 e. The number of halogens is 2. The van der Waals surface area contributed by atoms with Gasteiger partial charge in [0, 0.05) is 6.54 Å². The highest BCUT2D eigenvalue weighted by Crippen LogP contribution is 2.38. The molecule has 0 spiro atoms. The molecule has 5 heteroatoms. The number of hydrogen-bond donors (Lipinski definition) is 1. The lowest BCUT2D eigenvalue weighted by molar-refractivity contribution is 0.268. The first kappa shape index (κ1) is 21.5. The molecule has 0 bridgehead atoms. The van der Waals surface area contributed by atoms with Crippen LogP contribution >= 0.6 is 27.5 Å². The monoisotopic (exact) mass is 495 g/mol.